The second-order valence-electron chi connectivity index (χ2n) is 7.09. The molecule has 2 atom stereocenters. The van der Waals surface area contributed by atoms with E-state index in [4.69, 9.17) is 5.73 Å². The lowest BCUT2D eigenvalue weighted by Crippen LogP contribution is -2.51. The third-order valence-electron chi connectivity index (χ3n) is 4.39. The Balaban J connectivity index is 0.00000312. The minimum absolute atomic E-state index is 0. The fourth-order valence-electron chi connectivity index (χ4n) is 3.11. The average Bonchev–Trinajstić information content (AvgIpc) is 2.45. The molecule has 1 aliphatic carbocycles. The van der Waals surface area contributed by atoms with Gasteiger partial charge in [-0.3, -0.25) is 4.79 Å². The van der Waals surface area contributed by atoms with E-state index < -0.39 is 15.6 Å². The fourth-order valence-corrected chi connectivity index (χ4v) is 4.37. The first-order valence-corrected chi connectivity index (χ1v) is 9.82. The van der Waals surface area contributed by atoms with Gasteiger partial charge in [-0.1, -0.05) is 12.8 Å². The van der Waals surface area contributed by atoms with Gasteiger partial charge in [-0.2, -0.15) is 0 Å². The number of carbonyl (C=O) groups excluding carboxylic acids is 1. The van der Waals surface area contributed by atoms with Crippen LogP contribution in [0.25, 0.3) is 0 Å². The molecule has 1 aromatic rings. The summed E-state index contributed by atoms with van der Waals surface area (Å²) >= 11 is 0. The van der Waals surface area contributed by atoms with Gasteiger partial charge >= 0.3 is 0 Å². The average molecular weight is 390 g/mol. The van der Waals surface area contributed by atoms with Gasteiger partial charge < -0.3 is 11.1 Å². The van der Waals surface area contributed by atoms with E-state index in [2.05, 4.69) is 10.0 Å². The van der Waals surface area contributed by atoms with Crippen molar-refractivity contribution in [2.24, 2.45) is 11.7 Å². The highest BCUT2D eigenvalue weighted by molar-refractivity contribution is 7.89. The zero-order chi connectivity index (χ0) is 18.0. The van der Waals surface area contributed by atoms with Gasteiger partial charge in [-0.05, 0) is 57.9 Å². The minimum atomic E-state index is -3.53. The molecule has 2 rings (SSSR count). The standard InChI is InChI=1S/C17H27N3O3S.ClH/c1-12(2)20-24(22,23)14-9-7-13(8-10-14)19-16(21)15-6-4-5-11-17(15,3)18;/h7-10,12,15,20H,4-6,11,18H2,1-3H3,(H,19,21);1H. The van der Waals surface area contributed by atoms with E-state index in [1.54, 1.807) is 26.0 Å². The first-order valence-electron chi connectivity index (χ1n) is 8.34. The van der Waals surface area contributed by atoms with E-state index in [1.807, 2.05) is 6.92 Å². The van der Waals surface area contributed by atoms with Gasteiger partial charge in [0.25, 0.3) is 0 Å². The maximum Gasteiger partial charge on any atom is 0.240 e. The van der Waals surface area contributed by atoms with Crippen LogP contribution in [-0.2, 0) is 14.8 Å². The number of amides is 1. The summed E-state index contributed by atoms with van der Waals surface area (Å²) in [6.45, 7) is 5.45. The fraction of sp³-hybridized carbons (Fsp3) is 0.588. The molecule has 6 nitrogen and oxygen atoms in total. The molecule has 4 N–H and O–H groups in total. The number of sulfonamides is 1. The Morgan fingerprint density at radius 1 is 1.24 bits per heavy atom. The molecule has 1 amide bonds. The maximum atomic E-state index is 12.5. The molecular weight excluding hydrogens is 362 g/mol. The Bertz CT molecular complexity index is 688. The van der Waals surface area contributed by atoms with Crippen LogP contribution in [0.5, 0.6) is 0 Å². The first-order chi connectivity index (χ1) is 11.1. The largest absolute Gasteiger partial charge is 0.326 e. The molecule has 0 radical (unpaired) electrons. The van der Waals surface area contributed by atoms with Crippen molar-refractivity contribution in [2.45, 2.75) is 62.9 Å². The number of rotatable bonds is 5. The summed E-state index contributed by atoms with van der Waals surface area (Å²) in [7, 11) is -3.53. The molecule has 0 saturated heterocycles. The van der Waals surface area contributed by atoms with Crippen molar-refractivity contribution in [3.63, 3.8) is 0 Å². The summed E-state index contributed by atoms with van der Waals surface area (Å²) in [5.74, 6) is -0.326. The summed E-state index contributed by atoms with van der Waals surface area (Å²) in [6, 6.07) is 6.00. The van der Waals surface area contributed by atoms with Crippen molar-refractivity contribution in [1.82, 2.24) is 4.72 Å². The highest BCUT2D eigenvalue weighted by Crippen LogP contribution is 2.32. The second kappa shape index (κ2) is 8.49. The van der Waals surface area contributed by atoms with Gasteiger partial charge in [0, 0.05) is 17.3 Å². The Labute approximate surface area is 156 Å². The Morgan fingerprint density at radius 2 is 1.84 bits per heavy atom. The van der Waals surface area contributed by atoms with Crippen molar-refractivity contribution in [1.29, 1.82) is 0 Å². The van der Waals surface area contributed by atoms with Crippen LogP contribution in [0.1, 0.15) is 46.5 Å². The van der Waals surface area contributed by atoms with E-state index in [9.17, 15) is 13.2 Å². The molecule has 1 aliphatic rings. The summed E-state index contributed by atoms with van der Waals surface area (Å²) < 4.78 is 26.7. The molecule has 0 spiro atoms. The number of hydrogen-bond acceptors (Lipinski definition) is 4. The monoisotopic (exact) mass is 389 g/mol. The van der Waals surface area contributed by atoms with Crippen LogP contribution in [-0.4, -0.2) is 25.9 Å². The number of hydrogen-bond donors (Lipinski definition) is 3. The lowest BCUT2D eigenvalue weighted by molar-refractivity contribution is -0.122. The molecule has 1 aromatic carbocycles. The molecule has 2 unspecified atom stereocenters. The Hall–Kier alpha value is -1.15. The number of nitrogens with two attached hydrogens (primary N) is 1. The smallest absolute Gasteiger partial charge is 0.240 e. The van der Waals surface area contributed by atoms with Crippen LogP contribution >= 0.6 is 12.4 Å². The molecule has 0 bridgehead atoms. The number of benzene rings is 1. The van der Waals surface area contributed by atoms with Gasteiger partial charge in [0.2, 0.25) is 15.9 Å². The second-order valence-corrected chi connectivity index (χ2v) is 8.81. The molecule has 25 heavy (non-hydrogen) atoms. The topological polar surface area (TPSA) is 101 Å². The van der Waals surface area contributed by atoms with Gasteiger partial charge in [0.15, 0.2) is 0 Å². The molecule has 8 heteroatoms. The van der Waals surface area contributed by atoms with Gasteiger partial charge in [-0.25, -0.2) is 13.1 Å². The van der Waals surface area contributed by atoms with Crippen LogP contribution in [0.3, 0.4) is 0 Å². The van der Waals surface area contributed by atoms with Crippen LogP contribution in [0, 0.1) is 5.92 Å². The van der Waals surface area contributed by atoms with E-state index in [0.29, 0.717) is 5.69 Å². The first kappa shape index (κ1) is 21.9. The van der Waals surface area contributed by atoms with Crippen molar-refractivity contribution in [2.75, 3.05) is 5.32 Å². The molecule has 0 aromatic heterocycles. The lowest BCUT2D eigenvalue weighted by Gasteiger charge is -2.37. The minimum Gasteiger partial charge on any atom is -0.326 e. The lowest BCUT2D eigenvalue weighted by atomic mass is 9.74. The predicted octanol–water partition coefficient (Wildman–Crippen LogP) is 2.64. The predicted molar refractivity (Wildman–Crippen MR) is 102 cm³/mol. The van der Waals surface area contributed by atoms with Crippen molar-refractivity contribution in [3.05, 3.63) is 24.3 Å². The molecule has 142 valence electrons. The molecule has 0 heterocycles. The Morgan fingerprint density at radius 3 is 2.36 bits per heavy atom. The third-order valence-corrected chi connectivity index (χ3v) is 6.07. The van der Waals surface area contributed by atoms with E-state index in [1.165, 1.54) is 12.1 Å². The van der Waals surface area contributed by atoms with E-state index >= 15 is 0 Å². The zero-order valence-corrected chi connectivity index (χ0v) is 16.5. The van der Waals surface area contributed by atoms with Crippen LogP contribution in [0.2, 0.25) is 0 Å². The summed E-state index contributed by atoms with van der Waals surface area (Å²) in [5, 5.41) is 2.85. The van der Waals surface area contributed by atoms with Crippen molar-refractivity contribution in [3.8, 4) is 0 Å². The van der Waals surface area contributed by atoms with Crippen LogP contribution in [0.15, 0.2) is 29.2 Å². The van der Waals surface area contributed by atoms with Gasteiger partial charge in [-0.15, -0.1) is 12.4 Å². The maximum absolute atomic E-state index is 12.5. The number of anilines is 1. The summed E-state index contributed by atoms with van der Waals surface area (Å²) in [5.41, 5.74) is 6.34. The van der Waals surface area contributed by atoms with E-state index in [-0.39, 0.29) is 35.2 Å². The van der Waals surface area contributed by atoms with E-state index in [0.717, 1.165) is 25.7 Å². The quantitative estimate of drug-likeness (QED) is 0.720. The van der Waals surface area contributed by atoms with Crippen LogP contribution < -0.4 is 15.8 Å². The van der Waals surface area contributed by atoms with Gasteiger partial charge in [0.1, 0.15) is 0 Å². The highest BCUT2D eigenvalue weighted by atomic mass is 35.5. The molecule has 1 saturated carbocycles. The summed E-state index contributed by atoms with van der Waals surface area (Å²) in [4.78, 5) is 12.7. The number of halogens is 1. The van der Waals surface area contributed by atoms with Crippen molar-refractivity contribution < 1.29 is 13.2 Å². The third kappa shape index (κ3) is 5.67. The molecular formula is C17H28ClN3O3S. The summed E-state index contributed by atoms with van der Waals surface area (Å²) in [6.07, 6.45) is 3.67. The molecule has 0 aliphatic heterocycles. The zero-order valence-electron chi connectivity index (χ0n) is 14.9. The highest BCUT2D eigenvalue weighted by Gasteiger charge is 2.37. The van der Waals surface area contributed by atoms with Gasteiger partial charge in [0.05, 0.1) is 10.8 Å². The van der Waals surface area contributed by atoms with Crippen LogP contribution in [0.4, 0.5) is 5.69 Å². The Kier molecular flexibility index (Phi) is 7.43. The number of carbonyl (C=O) groups is 1. The SMILES string of the molecule is CC(C)NS(=O)(=O)c1ccc(NC(=O)C2CCCCC2(C)N)cc1.Cl. The van der Waals surface area contributed by atoms with Crippen molar-refractivity contribution >= 4 is 34.0 Å². The molecule has 1 fully saturated rings. The number of nitrogens with one attached hydrogen (secondary N) is 2. The normalized spacial score (nSPS) is 23.8.